The van der Waals surface area contributed by atoms with E-state index in [4.69, 9.17) is 9.47 Å². The van der Waals surface area contributed by atoms with Crippen molar-refractivity contribution in [1.29, 1.82) is 0 Å². The number of ether oxygens (including phenoxy) is 2. The van der Waals surface area contributed by atoms with Gasteiger partial charge < -0.3 is 14.4 Å². The minimum absolute atomic E-state index is 0.0731. The van der Waals surface area contributed by atoms with Crippen molar-refractivity contribution < 1.29 is 14.3 Å². The van der Waals surface area contributed by atoms with Crippen LogP contribution in [-0.4, -0.2) is 43.4 Å². The lowest BCUT2D eigenvalue weighted by molar-refractivity contribution is 0.0211. The molecule has 114 valence electrons. The molecule has 0 aromatic carbocycles. The number of carbonyl (C=O) groups is 1. The molecule has 2 aliphatic rings. The molecule has 0 atom stereocenters. The number of morpholine rings is 1. The molecule has 3 rings (SSSR count). The van der Waals surface area contributed by atoms with Crippen molar-refractivity contribution in [3.05, 3.63) is 23.9 Å². The Balaban J connectivity index is 1.72. The largest absolute Gasteiger partial charge is 0.459 e. The third-order valence-corrected chi connectivity index (χ3v) is 4.14. The maximum Gasteiger partial charge on any atom is 0.342 e. The molecule has 1 aromatic rings. The van der Waals surface area contributed by atoms with E-state index in [0.29, 0.717) is 18.8 Å². The van der Waals surface area contributed by atoms with Gasteiger partial charge in [0.1, 0.15) is 17.5 Å². The molecule has 1 aromatic heterocycles. The summed E-state index contributed by atoms with van der Waals surface area (Å²) < 4.78 is 11.0. The van der Waals surface area contributed by atoms with Gasteiger partial charge in [-0.3, -0.25) is 0 Å². The van der Waals surface area contributed by atoms with Crippen molar-refractivity contribution in [1.82, 2.24) is 4.98 Å². The summed E-state index contributed by atoms with van der Waals surface area (Å²) in [6, 6.07) is 3.60. The fourth-order valence-corrected chi connectivity index (χ4v) is 2.98. The molecule has 5 heteroatoms. The molecule has 21 heavy (non-hydrogen) atoms. The Morgan fingerprint density at radius 2 is 2.00 bits per heavy atom. The monoisotopic (exact) mass is 290 g/mol. The quantitative estimate of drug-likeness (QED) is 0.800. The number of pyridine rings is 1. The fourth-order valence-electron chi connectivity index (χ4n) is 2.98. The first-order chi connectivity index (χ1) is 10.3. The van der Waals surface area contributed by atoms with Crippen LogP contribution >= 0.6 is 0 Å². The third kappa shape index (κ3) is 3.53. The zero-order valence-corrected chi connectivity index (χ0v) is 12.3. The third-order valence-electron chi connectivity index (χ3n) is 4.14. The van der Waals surface area contributed by atoms with Crippen LogP contribution < -0.4 is 4.90 Å². The molecule has 0 amide bonds. The number of anilines is 1. The van der Waals surface area contributed by atoms with Crippen LogP contribution in [0.25, 0.3) is 0 Å². The summed E-state index contributed by atoms with van der Waals surface area (Å²) in [4.78, 5) is 18.9. The van der Waals surface area contributed by atoms with Crippen molar-refractivity contribution >= 4 is 11.8 Å². The molecule has 1 aliphatic carbocycles. The van der Waals surface area contributed by atoms with Gasteiger partial charge in [0.2, 0.25) is 0 Å². The normalized spacial score (nSPS) is 20.3. The van der Waals surface area contributed by atoms with Gasteiger partial charge in [0.05, 0.1) is 13.2 Å². The number of rotatable bonds is 3. The van der Waals surface area contributed by atoms with Gasteiger partial charge in [-0.2, -0.15) is 0 Å². The number of hydrogen-bond donors (Lipinski definition) is 0. The van der Waals surface area contributed by atoms with Gasteiger partial charge >= 0.3 is 5.97 Å². The average molecular weight is 290 g/mol. The van der Waals surface area contributed by atoms with E-state index < -0.39 is 0 Å². The highest BCUT2D eigenvalue weighted by molar-refractivity contribution is 5.94. The van der Waals surface area contributed by atoms with E-state index in [2.05, 4.69) is 9.88 Å². The standard InChI is InChI=1S/C16H22N2O3/c19-16(21-13-5-2-1-3-6-13)14-7-4-8-17-15(14)18-9-11-20-12-10-18/h4,7-8,13H,1-3,5-6,9-12H2. The minimum atomic E-state index is -0.239. The summed E-state index contributed by atoms with van der Waals surface area (Å²) >= 11 is 0. The van der Waals surface area contributed by atoms with Gasteiger partial charge in [-0.25, -0.2) is 9.78 Å². The molecule has 1 aliphatic heterocycles. The summed E-state index contributed by atoms with van der Waals surface area (Å²) in [5, 5.41) is 0. The smallest absolute Gasteiger partial charge is 0.342 e. The van der Waals surface area contributed by atoms with Crippen molar-refractivity contribution in [2.24, 2.45) is 0 Å². The van der Waals surface area contributed by atoms with Crippen LogP contribution in [0.3, 0.4) is 0 Å². The molecular formula is C16H22N2O3. The van der Waals surface area contributed by atoms with Crippen molar-refractivity contribution in [2.75, 3.05) is 31.2 Å². The molecular weight excluding hydrogens is 268 g/mol. The van der Waals surface area contributed by atoms with Crippen LogP contribution in [0, 0.1) is 0 Å². The number of hydrogen-bond acceptors (Lipinski definition) is 5. The van der Waals surface area contributed by atoms with E-state index in [9.17, 15) is 4.79 Å². The van der Waals surface area contributed by atoms with Gasteiger partial charge in [0.15, 0.2) is 0 Å². The van der Waals surface area contributed by atoms with E-state index in [0.717, 1.165) is 44.6 Å². The molecule has 2 heterocycles. The first-order valence-corrected chi connectivity index (χ1v) is 7.83. The van der Waals surface area contributed by atoms with Gasteiger partial charge in [-0.15, -0.1) is 0 Å². The average Bonchev–Trinajstić information content (AvgIpc) is 2.56. The summed E-state index contributed by atoms with van der Waals surface area (Å²) in [5.41, 5.74) is 0.574. The van der Waals surface area contributed by atoms with Gasteiger partial charge in [0.25, 0.3) is 0 Å². The molecule has 1 saturated carbocycles. The highest BCUT2D eigenvalue weighted by Crippen LogP contribution is 2.24. The second kappa shape index (κ2) is 6.89. The number of esters is 1. The Morgan fingerprint density at radius 3 is 2.76 bits per heavy atom. The summed E-state index contributed by atoms with van der Waals surface area (Å²) in [5.74, 6) is 0.484. The number of aromatic nitrogens is 1. The topological polar surface area (TPSA) is 51.7 Å². The predicted octanol–water partition coefficient (Wildman–Crippen LogP) is 2.41. The Bertz CT molecular complexity index is 480. The molecule has 0 N–H and O–H groups in total. The SMILES string of the molecule is O=C(OC1CCCCC1)c1cccnc1N1CCOCC1. The van der Waals surface area contributed by atoms with Crippen molar-refractivity contribution in [2.45, 2.75) is 38.2 Å². The lowest BCUT2D eigenvalue weighted by Crippen LogP contribution is -2.38. The molecule has 1 saturated heterocycles. The van der Waals surface area contributed by atoms with E-state index in [1.807, 2.05) is 6.07 Å². The number of nitrogens with zero attached hydrogens (tertiary/aromatic N) is 2. The molecule has 0 unspecified atom stereocenters. The molecule has 5 nitrogen and oxygen atoms in total. The second-order valence-corrected chi connectivity index (χ2v) is 5.64. The Kier molecular flexibility index (Phi) is 4.70. The number of carbonyl (C=O) groups excluding carboxylic acids is 1. The zero-order valence-electron chi connectivity index (χ0n) is 12.3. The lowest BCUT2D eigenvalue weighted by Gasteiger charge is -2.29. The van der Waals surface area contributed by atoms with Crippen LogP contribution in [0.4, 0.5) is 5.82 Å². The summed E-state index contributed by atoms with van der Waals surface area (Å²) in [6.45, 7) is 2.88. The highest BCUT2D eigenvalue weighted by Gasteiger charge is 2.24. The fraction of sp³-hybridized carbons (Fsp3) is 0.625. The highest BCUT2D eigenvalue weighted by atomic mass is 16.5. The summed E-state index contributed by atoms with van der Waals surface area (Å²) in [6.07, 6.45) is 7.33. The summed E-state index contributed by atoms with van der Waals surface area (Å²) in [7, 11) is 0. The van der Waals surface area contributed by atoms with Crippen LogP contribution in [0.1, 0.15) is 42.5 Å². The van der Waals surface area contributed by atoms with Crippen LogP contribution in [0.15, 0.2) is 18.3 Å². The first kappa shape index (κ1) is 14.3. The van der Waals surface area contributed by atoms with Crippen molar-refractivity contribution in [3.63, 3.8) is 0 Å². The molecule has 2 fully saturated rings. The minimum Gasteiger partial charge on any atom is -0.459 e. The van der Waals surface area contributed by atoms with Crippen LogP contribution in [0.5, 0.6) is 0 Å². The molecule has 0 radical (unpaired) electrons. The lowest BCUT2D eigenvalue weighted by atomic mass is 9.98. The maximum atomic E-state index is 12.5. The van der Waals surface area contributed by atoms with Crippen LogP contribution in [-0.2, 0) is 9.47 Å². The van der Waals surface area contributed by atoms with E-state index >= 15 is 0 Å². The molecule has 0 spiro atoms. The van der Waals surface area contributed by atoms with Gasteiger partial charge in [-0.05, 0) is 37.8 Å². The second-order valence-electron chi connectivity index (χ2n) is 5.64. The van der Waals surface area contributed by atoms with Gasteiger partial charge in [0, 0.05) is 19.3 Å². The van der Waals surface area contributed by atoms with Crippen LogP contribution in [0.2, 0.25) is 0 Å². The maximum absolute atomic E-state index is 12.5. The van der Waals surface area contributed by atoms with E-state index in [1.165, 1.54) is 6.42 Å². The predicted molar refractivity (Wildman–Crippen MR) is 79.6 cm³/mol. The van der Waals surface area contributed by atoms with E-state index in [1.54, 1.807) is 12.3 Å². The van der Waals surface area contributed by atoms with E-state index in [-0.39, 0.29) is 12.1 Å². The Hall–Kier alpha value is -1.62. The van der Waals surface area contributed by atoms with Crippen molar-refractivity contribution in [3.8, 4) is 0 Å². The molecule has 0 bridgehead atoms. The first-order valence-electron chi connectivity index (χ1n) is 7.83. The zero-order chi connectivity index (χ0) is 14.5. The Morgan fingerprint density at radius 1 is 1.24 bits per heavy atom. The Labute approximate surface area is 125 Å². The van der Waals surface area contributed by atoms with Gasteiger partial charge in [-0.1, -0.05) is 6.42 Å².